The summed E-state index contributed by atoms with van der Waals surface area (Å²) in [4.78, 5) is 16.5. The van der Waals surface area contributed by atoms with Gasteiger partial charge in [0, 0.05) is 29.7 Å². The lowest BCUT2D eigenvalue weighted by atomic mass is 10.2. The summed E-state index contributed by atoms with van der Waals surface area (Å²) in [7, 11) is 0. The van der Waals surface area contributed by atoms with Gasteiger partial charge in [-0.2, -0.15) is 5.10 Å². The van der Waals surface area contributed by atoms with Gasteiger partial charge in [-0.25, -0.2) is 9.37 Å². The monoisotopic (exact) mass is 453 g/mol. The summed E-state index contributed by atoms with van der Waals surface area (Å²) in [6, 6.07) is 18.8. The lowest BCUT2D eigenvalue weighted by Crippen LogP contribution is -2.14. The van der Waals surface area contributed by atoms with Crippen molar-refractivity contribution in [3.05, 3.63) is 95.7 Å². The van der Waals surface area contributed by atoms with Gasteiger partial charge in [0.1, 0.15) is 11.6 Å². The van der Waals surface area contributed by atoms with Crippen LogP contribution in [0.1, 0.15) is 21.7 Å². The molecule has 0 aliphatic heterocycles. The number of nitrogens with zero attached hydrogens (tertiary/aromatic N) is 3. The maximum Gasteiger partial charge on any atom is 0.276 e. The fraction of sp³-hybridized carbons (Fsp3) is 0.0870. The molecule has 2 aromatic carbocycles. The maximum absolute atomic E-state index is 14.5. The Kier molecular flexibility index (Phi) is 7.07. The van der Waals surface area contributed by atoms with Crippen LogP contribution in [0, 0.1) is 12.7 Å². The zero-order valence-electron chi connectivity index (χ0n) is 17.2. The number of hydrogen-bond donors (Lipinski definition) is 2. The highest BCUT2D eigenvalue weighted by Gasteiger charge is 2.14. The molecule has 3 N–H and O–H groups in total. The van der Waals surface area contributed by atoms with Crippen LogP contribution in [0.25, 0.3) is 0 Å². The van der Waals surface area contributed by atoms with Crippen molar-refractivity contribution in [1.29, 1.82) is 0 Å². The molecule has 4 rings (SSSR count). The van der Waals surface area contributed by atoms with E-state index in [1.807, 2.05) is 37.3 Å². The van der Waals surface area contributed by atoms with Crippen molar-refractivity contribution in [2.24, 2.45) is 0 Å². The number of carbonyl (C=O) groups is 1. The normalized spacial score (nSPS) is 10.3. The molecule has 0 aliphatic carbocycles. The number of hydrogen-bond acceptors (Lipinski definition) is 5. The first-order chi connectivity index (χ1) is 15.0. The number of nitrogens with one attached hydrogen (secondary N) is 1. The van der Waals surface area contributed by atoms with E-state index in [0.717, 1.165) is 11.3 Å². The van der Waals surface area contributed by atoms with E-state index >= 15 is 0 Å². The number of anilines is 2. The summed E-state index contributed by atoms with van der Waals surface area (Å²) in [5, 5.41) is 7.04. The zero-order valence-corrected chi connectivity index (χ0v) is 18.0. The summed E-state index contributed by atoms with van der Waals surface area (Å²) in [5.74, 6) is -0.415. The van der Waals surface area contributed by atoms with Crippen LogP contribution in [0.15, 0.2) is 72.9 Å². The van der Waals surface area contributed by atoms with Crippen molar-refractivity contribution in [3.8, 4) is 11.5 Å². The van der Waals surface area contributed by atoms with Crippen molar-refractivity contribution in [2.75, 3.05) is 11.1 Å². The fourth-order valence-electron chi connectivity index (χ4n) is 3.01. The Hall–Kier alpha value is -3.91. The minimum absolute atomic E-state index is 0. The van der Waals surface area contributed by atoms with Crippen molar-refractivity contribution in [3.63, 3.8) is 0 Å². The Labute approximate surface area is 190 Å². The number of nitrogen functional groups attached to an aromatic ring is 1. The summed E-state index contributed by atoms with van der Waals surface area (Å²) >= 11 is 0. The largest absolute Gasteiger partial charge is 0.454 e. The van der Waals surface area contributed by atoms with Crippen LogP contribution in [0.3, 0.4) is 0 Å². The van der Waals surface area contributed by atoms with Crippen LogP contribution in [0.4, 0.5) is 15.9 Å². The van der Waals surface area contributed by atoms with E-state index in [0.29, 0.717) is 18.0 Å². The highest BCUT2D eigenvalue weighted by atomic mass is 35.5. The Morgan fingerprint density at radius 1 is 1.12 bits per heavy atom. The Morgan fingerprint density at radius 3 is 2.62 bits per heavy atom. The molecule has 2 aromatic heterocycles. The number of carbonyl (C=O) groups excluding carboxylic acids is 1. The molecule has 0 atom stereocenters. The van der Waals surface area contributed by atoms with Gasteiger partial charge in [-0.05, 0) is 36.8 Å². The van der Waals surface area contributed by atoms with Crippen molar-refractivity contribution in [1.82, 2.24) is 14.8 Å². The number of pyridine rings is 1. The smallest absolute Gasteiger partial charge is 0.276 e. The number of benzene rings is 2. The summed E-state index contributed by atoms with van der Waals surface area (Å²) in [5.41, 5.74) is 8.07. The quantitative estimate of drug-likeness (QED) is 0.436. The molecule has 1 amide bonds. The molecule has 2 heterocycles. The van der Waals surface area contributed by atoms with E-state index in [4.69, 9.17) is 10.5 Å². The third-order valence-electron chi connectivity index (χ3n) is 4.56. The first-order valence-electron chi connectivity index (χ1n) is 9.56. The van der Waals surface area contributed by atoms with Gasteiger partial charge in [-0.15, -0.1) is 12.4 Å². The van der Waals surface area contributed by atoms with E-state index in [1.165, 1.54) is 24.4 Å². The minimum atomic E-state index is -0.626. The molecule has 4 aromatic rings. The minimum Gasteiger partial charge on any atom is -0.454 e. The van der Waals surface area contributed by atoms with Gasteiger partial charge in [0.25, 0.3) is 5.91 Å². The van der Waals surface area contributed by atoms with Crippen LogP contribution in [0.5, 0.6) is 11.5 Å². The number of aromatic nitrogens is 3. The number of aryl methyl sites for hydroxylation is 1. The lowest BCUT2D eigenvalue weighted by molar-refractivity contribution is 0.102. The summed E-state index contributed by atoms with van der Waals surface area (Å²) in [6.07, 6.45) is 1.47. The van der Waals surface area contributed by atoms with E-state index < -0.39 is 11.7 Å². The molecular formula is C23H21ClFN5O2. The standard InChI is InChI=1S/C23H20FN5O2.ClH/c1-15-11-20(28-29(15)14-16-5-3-2-4-6-16)23(30)27-17-7-8-21(19(24)12-17)31-18-9-10-26-22(25)13-18;/h2-13H,14H2,1H3,(H2,25,26)(H,27,30);1H. The van der Waals surface area contributed by atoms with E-state index in [1.54, 1.807) is 22.9 Å². The van der Waals surface area contributed by atoms with E-state index in [2.05, 4.69) is 15.4 Å². The van der Waals surface area contributed by atoms with Gasteiger partial charge >= 0.3 is 0 Å². The molecule has 0 fully saturated rings. The molecule has 164 valence electrons. The number of ether oxygens (including phenoxy) is 1. The Balaban J connectivity index is 0.00000289. The van der Waals surface area contributed by atoms with Gasteiger partial charge in [0.2, 0.25) is 0 Å². The molecule has 0 saturated heterocycles. The van der Waals surface area contributed by atoms with Crippen LogP contribution >= 0.6 is 12.4 Å². The zero-order chi connectivity index (χ0) is 21.8. The molecule has 0 spiro atoms. The van der Waals surface area contributed by atoms with Gasteiger partial charge in [0.15, 0.2) is 17.3 Å². The van der Waals surface area contributed by atoms with E-state index in [9.17, 15) is 9.18 Å². The number of rotatable bonds is 6. The van der Waals surface area contributed by atoms with Crippen LogP contribution in [-0.4, -0.2) is 20.7 Å². The van der Waals surface area contributed by atoms with Crippen LogP contribution in [0.2, 0.25) is 0 Å². The van der Waals surface area contributed by atoms with Crippen molar-refractivity contribution < 1.29 is 13.9 Å². The number of amides is 1. The second-order valence-electron chi connectivity index (χ2n) is 6.93. The Bertz CT molecular complexity index is 1230. The fourth-order valence-corrected chi connectivity index (χ4v) is 3.01. The molecular weight excluding hydrogens is 433 g/mol. The molecule has 9 heteroatoms. The molecule has 0 bridgehead atoms. The third-order valence-corrected chi connectivity index (χ3v) is 4.56. The SMILES string of the molecule is Cc1cc(C(=O)Nc2ccc(Oc3ccnc(N)c3)c(F)c2)nn1Cc1ccccc1.Cl. The van der Waals surface area contributed by atoms with Gasteiger partial charge < -0.3 is 15.8 Å². The number of nitrogens with two attached hydrogens (primary N) is 1. The van der Waals surface area contributed by atoms with E-state index in [-0.39, 0.29) is 29.7 Å². The highest BCUT2D eigenvalue weighted by molar-refractivity contribution is 6.02. The second-order valence-corrected chi connectivity index (χ2v) is 6.93. The summed E-state index contributed by atoms with van der Waals surface area (Å²) < 4.78 is 21.7. The highest BCUT2D eigenvalue weighted by Crippen LogP contribution is 2.27. The predicted molar refractivity (Wildman–Crippen MR) is 123 cm³/mol. The van der Waals surface area contributed by atoms with Crippen molar-refractivity contribution >= 4 is 29.8 Å². The average molecular weight is 454 g/mol. The predicted octanol–water partition coefficient (Wildman–Crippen LogP) is 4.82. The molecule has 0 radical (unpaired) electrons. The van der Waals surface area contributed by atoms with Crippen LogP contribution in [-0.2, 0) is 6.54 Å². The van der Waals surface area contributed by atoms with Crippen molar-refractivity contribution in [2.45, 2.75) is 13.5 Å². The molecule has 0 aliphatic rings. The molecule has 32 heavy (non-hydrogen) atoms. The lowest BCUT2D eigenvalue weighted by Gasteiger charge is -2.09. The van der Waals surface area contributed by atoms with Crippen LogP contribution < -0.4 is 15.8 Å². The van der Waals surface area contributed by atoms with Gasteiger partial charge in [0.05, 0.1) is 6.54 Å². The molecule has 0 saturated carbocycles. The second kappa shape index (κ2) is 9.93. The molecule has 7 nitrogen and oxygen atoms in total. The molecule has 0 unspecified atom stereocenters. The third kappa shape index (κ3) is 5.41. The van der Waals surface area contributed by atoms with Gasteiger partial charge in [-0.1, -0.05) is 30.3 Å². The average Bonchev–Trinajstić information content (AvgIpc) is 3.11. The Morgan fingerprint density at radius 2 is 1.91 bits per heavy atom. The van der Waals surface area contributed by atoms with Gasteiger partial charge in [-0.3, -0.25) is 9.48 Å². The number of halogens is 2. The summed E-state index contributed by atoms with van der Waals surface area (Å²) in [6.45, 7) is 2.44. The first-order valence-corrected chi connectivity index (χ1v) is 9.56. The maximum atomic E-state index is 14.5. The first kappa shape index (κ1) is 22.8. The topological polar surface area (TPSA) is 95.1 Å².